The molecule has 2 N–H and O–H groups in total. The molecule has 3 rings (SSSR count). The molecule has 0 aliphatic heterocycles. The number of fused-ring (bicyclic) bond motifs is 1. The first-order valence-corrected chi connectivity index (χ1v) is 8.85. The maximum atomic E-state index is 12.4. The summed E-state index contributed by atoms with van der Waals surface area (Å²) in [5.41, 5.74) is 8.24. The van der Waals surface area contributed by atoms with Crippen LogP contribution in [-0.4, -0.2) is 13.4 Å². The van der Waals surface area contributed by atoms with Crippen molar-refractivity contribution in [2.75, 3.05) is 5.73 Å². The number of sulfone groups is 1. The van der Waals surface area contributed by atoms with Crippen molar-refractivity contribution < 1.29 is 8.42 Å². The second kappa shape index (κ2) is 5.13. The number of nitrogens with two attached hydrogens (primary N) is 1. The Labute approximate surface area is 127 Å². The predicted octanol–water partition coefficient (Wildman–Crippen LogP) is 3.16. The Balaban J connectivity index is 1.94. The Hall–Kier alpha value is -1.92. The molecule has 0 fully saturated rings. The van der Waals surface area contributed by atoms with E-state index in [1.165, 1.54) is 11.3 Å². The summed E-state index contributed by atoms with van der Waals surface area (Å²) >= 11 is 1.36. The van der Waals surface area contributed by atoms with Crippen LogP contribution in [0.2, 0.25) is 0 Å². The standard InChI is InChI=1S/C15H14N2O2S2/c1-10-2-5-12(6-3-10)21(18,19)9-11-4-7-13-14(8-11)20-15(16)17-13/h2-8H,9H2,1H3,(H2,16,17). The quantitative estimate of drug-likeness (QED) is 0.805. The molecular formula is C15H14N2O2S2. The van der Waals surface area contributed by atoms with Crippen LogP contribution in [0.4, 0.5) is 5.13 Å². The normalized spacial score (nSPS) is 11.9. The molecule has 3 aromatic rings. The highest BCUT2D eigenvalue weighted by atomic mass is 32.2. The lowest BCUT2D eigenvalue weighted by molar-refractivity contribution is 0.595. The zero-order chi connectivity index (χ0) is 15.0. The van der Waals surface area contributed by atoms with Crippen LogP contribution in [0.15, 0.2) is 47.4 Å². The lowest BCUT2D eigenvalue weighted by Gasteiger charge is -2.05. The van der Waals surface area contributed by atoms with Gasteiger partial charge in [0.15, 0.2) is 15.0 Å². The summed E-state index contributed by atoms with van der Waals surface area (Å²) < 4.78 is 25.7. The predicted molar refractivity (Wildman–Crippen MR) is 86.1 cm³/mol. The molecule has 0 amide bonds. The van der Waals surface area contributed by atoms with Crippen LogP contribution in [-0.2, 0) is 15.6 Å². The minimum atomic E-state index is -3.34. The summed E-state index contributed by atoms with van der Waals surface area (Å²) in [5, 5.41) is 0.489. The fourth-order valence-electron chi connectivity index (χ4n) is 2.12. The molecule has 0 bridgehead atoms. The molecule has 4 nitrogen and oxygen atoms in total. The van der Waals surface area contributed by atoms with E-state index in [2.05, 4.69) is 4.98 Å². The molecule has 0 aliphatic carbocycles. The molecule has 0 saturated heterocycles. The minimum absolute atomic E-state index is 0.0240. The second-order valence-corrected chi connectivity index (χ2v) is 7.98. The number of hydrogen-bond acceptors (Lipinski definition) is 5. The van der Waals surface area contributed by atoms with E-state index in [0.29, 0.717) is 10.0 Å². The van der Waals surface area contributed by atoms with Gasteiger partial charge in [0.2, 0.25) is 0 Å². The van der Waals surface area contributed by atoms with Gasteiger partial charge in [-0.25, -0.2) is 13.4 Å². The molecule has 6 heteroatoms. The zero-order valence-electron chi connectivity index (χ0n) is 11.4. The van der Waals surface area contributed by atoms with E-state index in [4.69, 9.17) is 5.73 Å². The number of rotatable bonds is 3. The van der Waals surface area contributed by atoms with Gasteiger partial charge in [-0.3, -0.25) is 0 Å². The van der Waals surface area contributed by atoms with Crippen molar-refractivity contribution in [3.63, 3.8) is 0 Å². The first kappa shape index (κ1) is 14.0. The zero-order valence-corrected chi connectivity index (χ0v) is 13.0. The molecule has 108 valence electrons. The number of nitrogens with zero attached hydrogens (tertiary/aromatic N) is 1. The van der Waals surface area contributed by atoms with Crippen molar-refractivity contribution in [3.05, 3.63) is 53.6 Å². The average molecular weight is 318 g/mol. The minimum Gasteiger partial charge on any atom is -0.375 e. The van der Waals surface area contributed by atoms with Gasteiger partial charge in [-0.15, -0.1) is 0 Å². The Morgan fingerprint density at radius 1 is 1.14 bits per heavy atom. The van der Waals surface area contributed by atoms with Gasteiger partial charge in [-0.1, -0.05) is 35.1 Å². The molecule has 1 heterocycles. The molecule has 1 aromatic heterocycles. The van der Waals surface area contributed by atoms with Crippen molar-refractivity contribution in [2.24, 2.45) is 0 Å². The number of benzene rings is 2. The van der Waals surface area contributed by atoms with Gasteiger partial charge >= 0.3 is 0 Å². The summed E-state index contributed by atoms with van der Waals surface area (Å²) in [7, 11) is -3.34. The van der Waals surface area contributed by atoms with E-state index in [9.17, 15) is 8.42 Å². The third kappa shape index (κ3) is 2.91. The van der Waals surface area contributed by atoms with Crippen molar-refractivity contribution >= 4 is 36.5 Å². The number of thiazole rings is 1. The maximum Gasteiger partial charge on any atom is 0.182 e. The van der Waals surface area contributed by atoms with E-state index in [1.54, 1.807) is 30.3 Å². The maximum absolute atomic E-state index is 12.4. The number of hydrogen-bond donors (Lipinski definition) is 1. The van der Waals surface area contributed by atoms with Crippen LogP contribution >= 0.6 is 11.3 Å². The molecular weight excluding hydrogens is 304 g/mol. The van der Waals surface area contributed by atoms with Crippen LogP contribution in [0, 0.1) is 6.92 Å². The van der Waals surface area contributed by atoms with Crippen molar-refractivity contribution in [3.8, 4) is 0 Å². The summed E-state index contributed by atoms with van der Waals surface area (Å²) in [6.45, 7) is 1.93. The number of anilines is 1. The first-order chi connectivity index (χ1) is 9.94. The SMILES string of the molecule is Cc1ccc(S(=O)(=O)Cc2ccc3nc(N)sc3c2)cc1. The van der Waals surface area contributed by atoms with E-state index in [-0.39, 0.29) is 5.75 Å². The molecule has 2 aromatic carbocycles. The Morgan fingerprint density at radius 3 is 2.57 bits per heavy atom. The summed E-state index contributed by atoms with van der Waals surface area (Å²) in [5.74, 6) is -0.0240. The van der Waals surface area contributed by atoms with Gasteiger partial charge in [-0.05, 0) is 36.8 Å². The third-order valence-electron chi connectivity index (χ3n) is 3.21. The van der Waals surface area contributed by atoms with E-state index >= 15 is 0 Å². The van der Waals surface area contributed by atoms with Gasteiger partial charge in [0.25, 0.3) is 0 Å². The molecule has 0 saturated carbocycles. The molecule has 0 radical (unpaired) electrons. The van der Waals surface area contributed by atoms with Crippen LogP contribution in [0.25, 0.3) is 10.2 Å². The van der Waals surface area contributed by atoms with Crippen molar-refractivity contribution in [1.29, 1.82) is 0 Å². The molecule has 0 atom stereocenters. The number of nitrogen functional groups attached to an aromatic ring is 1. The summed E-state index contributed by atoms with van der Waals surface area (Å²) in [6, 6.07) is 12.3. The van der Waals surface area contributed by atoms with Crippen molar-refractivity contribution in [1.82, 2.24) is 4.98 Å². The average Bonchev–Trinajstić information content (AvgIpc) is 2.78. The molecule has 21 heavy (non-hydrogen) atoms. The third-order valence-corrected chi connectivity index (χ3v) is 5.76. The van der Waals surface area contributed by atoms with E-state index < -0.39 is 9.84 Å². The van der Waals surface area contributed by atoms with Crippen LogP contribution in [0.3, 0.4) is 0 Å². The smallest absolute Gasteiger partial charge is 0.182 e. The van der Waals surface area contributed by atoms with Gasteiger partial charge in [0.05, 0.1) is 20.9 Å². The van der Waals surface area contributed by atoms with Gasteiger partial charge in [0, 0.05) is 0 Å². The van der Waals surface area contributed by atoms with Gasteiger partial charge in [0.1, 0.15) is 0 Å². The topological polar surface area (TPSA) is 73.0 Å². The molecule has 0 aliphatic rings. The number of aromatic nitrogens is 1. The first-order valence-electron chi connectivity index (χ1n) is 6.38. The Kier molecular flexibility index (Phi) is 3.43. The van der Waals surface area contributed by atoms with Gasteiger partial charge in [-0.2, -0.15) is 0 Å². The highest BCUT2D eigenvalue weighted by molar-refractivity contribution is 7.90. The van der Waals surface area contributed by atoms with Crippen molar-refractivity contribution in [2.45, 2.75) is 17.6 Å². The molecule has 0 spiro atoms. The van der Waals surface area contributed by atoms with E-state index in [0.717, 1.165) is 21.3 Å². The lowest BCUT2D eigenvalue weighted by Crippen LogP contribution is -2.04. The fourth-order valence-corrected chi connectivity index (χ4v) is 4.26. The van der Waals surface area contributed by atoms with E-state index in [1.807, 2.05) is 19.1 Å². The second-order valence-electron chi connectivity index (χ2n) is 4.93. The van der Waals surface area contributed by atoms with Crippen LogP contribution in [0.1, 0.15) is 11.1 Å². The van der Waals surface area contributed by atoms with Gasteiger partial charge < -0.3 is 5.73 Å². The highest BCUT2D eigenvalue weighted by Crippen LogP contribution is 2.26. The Morgan fingerprint density at radius 2 is 1.86 bits per heavy atom. The summed E-state index contributed by atoms with van der Waals surface area (Å²) in [6.07, 6.45) is 0. The fraction of sp³-hybridized carbons (Fsp3) is 0.133. The number of aryl methyl sites for hydroxylation is 1. The van der Waals surface area contributed by atoms with Crippen LogP contribution in [0.5, 0.6) is 0 Å². The summed E-state index contributed by atoms with van der Waals surface area (Å²) in [4.78, 5) is 4.51. The van der Waals surface area contributed by atoms with Crippen LogP contribution < -0.4 is 5.73 Å². The Bertz CT molecular complexity index is 897. The monoisotopic (exact) mass is 318 g/mol. The largest absolute Gasteiger partial charge is 0.375 e. The highest BCUT2D eigenvalue weighted by Gasteiger charge is 2.15. The lowest BCUT2D eigenvalue weighted by atomic mass is 10.2. The molecule has 0 unspecified atom stereocenters.